The van der Waals surface area contributed by atoms with Crippen LogP contribution in [0, 0.1) is 5.92 Å². The molecule has 0 aliphatic rings. The van der Waals surface area contributed by atoms with E-state index in [0.717, 1.165) is 0 Å². The molecule has 1 heteroatoms. The molecule has 0 aliphatic carbocycles. The van der Waals surface area contributed by atoms with E-state index in [9.17, 15) is 0 Å². The lowest BCUT2D eigenvalue weighted by molar-refractivity contribution is 0.282. The highest BCUT2D eigenvalue weighted by atomic mass is 14.9. The second-order valence-corrected chi connectivity index (χ2v) is 5.10. The minimum atomic E-state index is 0.134. The fourth-order valence-corrected chi connectivity index (χ4v) is 2.45. The van der Waals surface area contributed by atoms with Gasteiger partial charge in [0.15, 0.2) is 0 Å². The Bertz CT molecular complexity index is 287. The summed E-state index contributed by atoms with van der Waals surface area (Å²) in [7, 11) is 2.04. The summed E-state index contributed by atoms with van der Waals surface area (Å²) < 4.78 is 0. The minimum Gasteiger partial charge on any atom is -0.314 e. The van der Waals surface area contributed by atoms with Crippen LogP contribution in [0.1, 0.15) is 39.2 Å². The van der Waals surface area contributed by atoms with Crippen LogP contribution in [0.25, 0.3) is 0 Å². The molecule has 0 spiro atoms. The van der Waals surface area contributed by atoms with Crippen molar-refractivity contribution in [3.8, 4) is 0 Å². The third-order valence-corrected chi connectivity index (χ3v) is 3.25. The van der Waals surface area contributed by atoms with Gasteiger partial charge in [0.1, 0.15) is 0 Å². The van der Waals surface area contributed by atoms with Gasteiger partial charge in [0.25, 0.3) is 0 Å². The Labute approximate surface area is 93.9 Å². The van der Waals surface area contributed by atoms with Gasteiger partial charge in [-0.3, -0.25) is 0 Å². The first kappa shape index (κ1) is 12.3. The number of nitrogens with one attached hydrogen (secondary N) is 1. The highest BCUT2D eigenvalue weighted by Gasteiger charge is 2.31. The third-order valence-electron chi connectivity index (χ3n) is 3.25. The molecule has 84 valence electrons. The molecule has 15 heavy (non-hydrogen) atoms. The van der Waals surface area contributed by atoms with Gasteiger partial charge in [0.2, 0.25) is 0 Å². The van der Waals surface area contributed by atoms with Crippen molar-refractivity contribution < 1.29 is 0 Å². The first-order valence-electron chi connectivity index (χ1n) is 5.73. The first-order chi connectivity index (χ1) is 6.99. The Hall–Kier alpha value is -0.820. The van der Waals surface area contributed by atoms with Crippen LogP contribution in [-0.2, 0) is 0 Å². The number of hydrogen-bond donors (Lipinski definition) is 1. The predicted molar refractivity (Wildman–Crippen MR) is 67.2 cm³/mol. The minimum absolute atomic E-state index is 0.134. The maximum atomic E-state index is 3.42. The standard InChI is InChI=1S/C14H23N/c1-11(2)13(14(3,4)15-5)12-9-7-6-8-10-12/h6-11,13,15H,1-5H3. The largest absolute Gasteiger partial charge is 0.314 e. The molecule has 0 aliphatic heterocycles. The van der Waals surface area contributed by atoms with E-state index in [2.05, 4.69) is 63.3 Å². The van der Waals surface area contributed by atoms with Gasteiger partial charge < -0.3 is 5.32 Å². The second-order valence-electron chi connectivity index (χ2n) is 5.10. The van der Waals surface area contributed by atoms with Gasteiger partial charge in [0, 0.05) is 11.5 Å². The Morgan fingerprint density at radius 3 is 2.00 bits per heavy atom. The molecule has 1 aromatic rings. The SMILES string of the molecule is CNC(C)(C)C(c1ccccc1)C(C)C. The summed E-state index contributed by atoms with van der Waals surface area (Å²) in [5.41, 5.74) is 1.56. The molecule has 1 N–H and O–H groups in total. The van der Waals surface area contributed by atoms with Crippen molar-refractivity contribution >= 4 is 0 Å². The van der Waals surface area contributed by atoms with Crippen LogP contribution < -0.4 is 5.32 Å². The van der Waals surface area contributed by atoms with E-state index >= 15 is 0 Å². The molecule has 1 nitrogen and oxygen atoms in total. The second kappa shape index (κ2) is 4.80. The third kappa shape index (κ3) is 2.82. The van der Waals surface area contributed by atoms with Gasteiger partial charge in [-0.1, -0.05) is 44.2 Å². The molecule has 1 atom stereocenters. The molecule has 0 heterocycles. The zero-order chi connectivity index (χ0) is 11.5. The quantitative estimate of drug-likeness (QED) is 0.794. The molecule has 0 radical (unpaired) electrons. The van der Waals surface area contributed by atoms with Gasteiger partial charge >= 0.3 is 0 Å². The van der Waals surface area contributed by atoms with Crippen LogP contribution >= 0.6 is 0 Å². The van der Waals surface area contributed by atoms with Gasteiger partial charge in [-0.25, -0.2) is 0 Å². The normalized spacial score (nSPS) is 14.3. The molecular weight excluding hydrogens is 182 g/mol. The van der Waals surface area contributed by atoms with E-state index < -0.39 is 0 Å². The topological polar surface area (TPSA) is 12.0 Å². The summed E-state index contributed by atoms with van der Waals surface area (Å²) in [5.74, 6) is 1.18. The lowest BCUT2D eigenvalue weighted by atomic mass is 9.75. The van der Waals surface area contributed by atoms with Crippen molar-refractivity contribution in [2.75, 3.05) is 7.05 Å². The van der Waals surface area contributed by atoms with E-state index in [1.165, 1.54) is 5.56 Å². The van der Waals surface area contributed by atoms with Crippen LogP contribution in [0.5, 0.6) is 0 Å². The summed E-state index contributed by atoms with van der Waals surface area (Å²) in [6.45, 7) is 9.11. The molecule has 0 bridgehead atoms. The Balaban J connectivity index is 3.04. The van der Waals surface area contributed by atoms with Crippen LogP contribution in [0.3, 0.4) is 0 Å². The molecule has 1 aromatic carbocycles. The van der Waals surface area contributed by atoms with Crippen molar-refractivity contribution in [2.45, 2.75) is 39.2 Å². The number of hydrogen-bond acceptors (Lipinski definition) is 1. The molecule has 0 amide bonds. The van der Waals surface area contributed by atoms with Crippen LogP contribution in [0.4, 0.5) is 0 Å². The predicted octanol–water partition coefficient (Wildman–Crippen LogP) is 3.42. The van der Waals surface area contributed by atoms with E-state index in [1.807, 2.05) is 7.05 Å². The van der Waals surface area contributed by atoms with Crippen LogP contribution in [-0.4, -0.2) is 12.6 Å². The van der Waals surface area contributed by atoms with Gasteiger partial charge in [-0.05, 0) is 32.4 Å². The first-order valence-corrected chi connectivity index (χ1v) is 5.73. The maximum Gasteiger partial charge on any atom is 0.0193 e. The molecular formula is C14H23N. The highest BCUT2D eigenvalue weighted by molar-refractivity contribution is 5.23. The maximum absolute atomic E-state index is 3.42. The molecule has 0 saturated carbocycles. The molecule has 0 saturated heterocycles. The van der Waals surface area contributed by atoms with E-state index in [4.69, 9.17) is 0 Å². The summed E-state index contributed by atoms with van der Waals surface area (Å²) >= 11 is 0. The average molecular weight is 205 g/mol. The molecule has 0 fully saturated rings. The summed E-state index contributed by atoms with van der Waals surface area (Å²) in [6, 6.07) is 10.8. The number of benzene rings is 1. The van der Waals surface area contributed by atoms with Crippen LogP contribution in [0.15, 0.2) is 30.3 Å². The van der Waals surface area contributed by atoms with E-state index in [-0.39, 0.29) is 5.54 Å². The molecule has 0 aromatic heterocycles. The van der Waals surface area contributed by atoms with Gasteiger partial charge in [-0.2, -0.15) is 0 Å². The van der Waals surface area contributed by atoms with Gasteiger partial charge in [-0.15, -0.1) is 0 Å². The molecule has 1 unspecified atom stereocenters. The van der Waals surface area contributed by atoms with Crippen molar-refractivity contribution in [2.24, 2.45) is 5.92 Å². The Morgan fingerprint density at radius 1 is 1.07 bits per heavy atom. The lowest BCUT2D eigenvalue weighted by Crippen LogP contribution is -2.44. The Kier molecular flexibility index (Phi) is 3.92. The number of rotatable bonds is 4. The monoisotopic (exact) mass is 205 g/mol. The fourth-order valence-electron chi connectivity index (χ4n) is 2.45. The summed E-state index contributed by atoms with van der Waals surface area (Å²) in [6.07, 6.45) is 0. The summed E-state index contributed by atoms with van der Waals surface area (Å²) in [4.78, 5) is 0. The van der Waals surface area contributed by atoms with Crippen molar-refractivity contribution in [1.82, 2.24) is 5.32 Å². The van der Waals surface area contributed by atoms with E-state index in [0.29, 0.717) is 11.8 Å². The molecule has 1 rings (SSSR count). The average Bonchev–Trinajstić information content (AvgIpc) is 2.18. The zero-order valence-corrected chi connectivity index (χ0v) is 10.5. The summed E-state index contributed by atoms with van der Waals surface area (Å²) in [5, 5.41) is 3.42. The van der Waals surface area contributed by atoms with E-state index in [1.54, 1.807) is 0 Å². The lowest BCUT2D eigenvalue weighted by Gasteiger charge is -2.37. The number of likely N-dealkylation sites (N-methyl/N-ethyl adjacent to an activating group) is 1. The Morgan fingerprint density at radius 2 is 1.60 bits per heavy atom. The zero-order valence-electron chi connectivity index (χ0n) is 10.5. The van der Waals surface area contributed by atoms with Crippen molar-refractivity contribution in [3.05, 3.63) is 35.9 Å². The van der Waals surface area contributed by atoms with Crippen molar-refractivity contribution in [1.29, 1.82) is 0 Å². The van der Waals surface area contributed by atoms with Gasteiger partial charge in [0.05, 0.1) is 0 Å². The fraction of sp³-hybridized carbons (Fsp3) is 0.571. The van der Waals surface area contributed by atoms with Crippen molar-refractivity contribution in [3.63, 3.8) is 0 Å². The van der Waals surface area contributed by atoms with Crippen LogP contribution in [0.2, 0.25) is 0 Å². The highest BCUT2D eigenvalue weighted by Crippen LogP contribution is 2.34. The smallest absolute Gasteiger partial charge is 0.0193 e.